The van der Waals surface area contributed by atoms with Gasteiger partial charge in [-0.05, 0) is 48.5 Å². The molecule has 3 rings (SSSR count). The first-order valence-corrected chi connectivity index (χ1v) is 10.4. The summed E-state index contributed by atoms with van der Waals surface area (Å²) < 4.78 is 52.0. The van der Waals surface area contributed by atoms with Crippen molar-refractivity contribution in [1.29, 1.82) is 0 Å². The second-order valence-electron chi connectivity index (χ2n) is 5.69. The molecule has 2 aromatic carbocycles. The summed E-state index contributed by atoms with van der Waals surface area (Å²) in [4.78, 5) is 23.8. The van der Waals surface area contributed by atoms with Crippen molar-refractivity contribution in [3.63, 3.8) is 0 Å². The highest BCUT2D eigenvalue weighted by molar-refractivity contribution is 7.85. The SMILES string of the molecule is O=C(O)c1[nH]n(-c2ccc(S(=O)O)cc2)c(=O)c1N=Nc1ccc(S(=O)(=O)O)cc1. The molecule has 0 saturated heterocycles. The summed E-state index contributed by atoms with van der Waals surface area (Å²) in [5, 5.41) is 19.1. The van der Waals surface area contributed by atoms with Gasteiger partial charge in [-0.2, -0.15) is 13.5 Å². The Bertz CT molecular complexity index is 1320. The maximum absolute atomic E-state index is 12.6. The molecule has 30 heavy (non-hydrogen) atoms. The fourth-order valence-electron chi connectivity index (χ4n) is 2.36. The van der Waals surface area contributed by atoms with Gasteiger partial charge in [0.05, 0.1) is 21.2 Å². The minimum atomic E-state index is -4.39. The van der Waals surface area contributed by atoms with Gasteiger partial charge in [0.15, 0.2) is 22.5 Å². The van der Waals surface area contributed by atoms with Gasteiger partial charge in [-0.1, -0.05) is 0 Å². The number of nitrogens with one attached hydrogen (secondary N) is 1. The van der Waals surface area contributed by atoms with Gasteiger partial charge in [0.2, 0.25) is 0 Å². The molecule has 0 saturated carbocycles. The number of rotatable bonds is 6. The standard InChI is InChI=1S/C16H12N4O8S2/c21-15-13(18-17-9-1-7-12(8-2-9)30(26,27)28)14(16(22)23)19-20(15)10-3-5-11(6-4-10)29(24)25/h1-8,19H,(H,22,23)(H,24,25)(H,26,27,28). The van der Waals surface area contributed by atoms with Crippen LogP contribution in [-0.2, 0) is 21.2 Å². The Morgan fingerprint density at radius 3 is 2.13 bits per heavy atom. The van der Waals surface area contributed by atoms with Gasteiger partial charge < -0.3 is 9.66 Å². The number of aromatic amines is 1. The van der Waals surface area contributed by atoms with Gasteiger partial charge >= 0.3 is 5.97 Å². The van der Waals surface area contributed by atoms with Crippen LogP contribution >= 0.6 is 0 Å². The number of hydrogen-bond acceptors (Lipinski definition) is 7. The topological polar surface area (TPSA) is 191 Å². The Morgan fingerprint density at radius 2 is 1.63 bits per heavy atom. The molecule has 1 unspecified atom stereocenters. The molecule has 0 aliphatic rings. The van der Waals surface area contributed by atoms with Gasteiger partial charge in [-0.25, -0.2) is 13.7 Å². The van der Waals surface area contributed by atoms with Gasteiger partial charge in [-0.15, -0.1) is 5.11 Å². The second-order valence-corrected chi connectivity index (χ2v) is 8.08. The van der Waals surface area contributed by atoms with E-state index in [1.54, 1.807) is 0 Å². The average molecular weight is 452 g/mol. The number of carboxylic acid groups (broad SMARTS) is 1. The first-order valence-electron chi connectivity index (χ1n) is 7.87. The molecule has 0 aliphatic carbocycles. The first-order chi connectivity index (χ1) is 14.1. The monoisotopic (exact) mass is 452 g/mol. The number of azo groups is 1. The van der Waals surface area contributed by atoms with Gasteiger partial charge in [0.1, 0.15) is 0 Å². The Balaban J connectivity index is 2.00. The minimum absolute atomic E-state index is 0.0880. The molecular formula is C16H12N4O8S2. The lowest BCUT2D eigenvalue weighted by atomic mass is 10.3. The zero-order valence-corrected chi connectivity index (χ0v) is 16.3. The Hall–Kier alpha value is -3.46. The fourth-order valence-corrected chi connectivity index (χ4v) is 3.21. The van der Waals surface area contributed by atoms with E-state index in [1.807, 2.05) is 0 Å². The molecule has 0 radical (unpaired) electrons. The number of H-pyrrole nitrogens is 1. The van der Waals surface area contributed by atoms with E-state index >= 15 is 0 Å². The highest BCUT2D eigenvalue weighted by Crippen LogP contribution is 2.21. The van der Waals surface area contributed by atoms with Gasteiger partial charge in [0.25, 0.3) is 15.7 Å². The minimum Gasteiger partial charge on any atom is -0.476 e. The number of benzene rings is 2. The maximum Gasteiger partial charge on any atom is 0.356 e. The summed E-state index contributed by atoms with van der Waals surface area (Å²) in [7, 11) is -4.39. The highest BCUT2D eigenvalue weighted by atomic mass is 32.2. The molecule has 0 spiro atoms. The number of nitrogens with zero attached hydrogens (tertiary/aromatic N) is 3. The van der Waals surface area contributed by atoms with Gasteiger partial charge in [0, 0.05) is 0 Å². The molecule has 0 fully saturated rings. The summed E-state index contributed by atoms with van der Waals surface area (Å²) in [6.45, 7) is 0. The van der Waals surface area contributed by atoms with Crippen LogP contribution in [0, 0.1) is 0 Å². The van der Waals surface area contributed by atoms with Crippen molar-refractivity contribution in [2.45, 2.75) is 9.79 Å². The van der Waals surface area contributed by atoms with Crippen LogP contribution in [0.5, 0.6) is 0 Å². The molecular weight excluding hydrogens is 440 g/mol. The fraction of sp³-hybridized carbons (Fsp3) is 0. The summed E-state index contributed by atoms with van der Waals surface area (Å²) in [5.74, 6) is -1.48. The Labute approximate surface area is 170 Å². The molecule has 0 amide bonds. The summed E-state index contributed by atoms with van der Waals surface area (Å²) >= 11 is -2.22. The van der Waals surface area contributed by atoms with E-state index < -0.39 is 44.1 Å². The van der Waals surface area contributed by atoms with Crippen LogP contribution in [0.3, 0.4) is 0 Å². The Morgan fingerprint density at radius 1 is 1.03 bits per heavy atom. The van der Waals surface area contributed by atoms with E-state index in [-0.39, 0.29) is 21.2 Å². The predicted octanol–water partition coefficient (Wildman–Crippen LogP) is 2.11. The zero-order chi connectivity index (χ0) is 22.1. The van der Waals surface area contributed by atoms with Crippen molar-refractivity contribution in [2.75, 3.05) is 0 Å². The highest BCUT2D eigenvalue weighted by Gasteiger charge is 2.21. The lowest BCUT2D eigenvalue weighted by molar-refractivity contribution is 0.0690. The number of aromatic nitrogens is 2. The second kappa shape index (κ2) is 8.11. The van der Waals surface area contributed by atoms with Crippen molar-refractivity contribution >= 4 is 38.5 Å². The van der Waals surface area contributed by atoms with Crippen LogP contribution in [0.15, 0.2) is 73.3 Å². The average Bonchev–Trinajstić information content (AvgIpc) is 3.02. The van der Waals surface area contributed by atoms with Crippen molar-refractivity contribution in [3.8, 4) is 5.69 Å². The normalized spacial score (nSPS) is 12.9. The van der Waals surface area contributed by atoms with Crippen LogP contribution in [-0.4, -0.2) is 42.6 Å². The predicted molar refractivity (Wildman–Crippen MR) is 103 cm³/mol. The molecule has 1 aromatic heterocycles. The largest absolute Gasteiger partial charge is 0.476 e. The van der Waals surface area contributed by atoms with E-state index in [0.29, 0.717) is 0 Å². The van der Waals surface area contributed by atoms with Crippen LogP contribution in [0.2, 0.25) is 0 Å². The number of aromatic carboxylic acids is 1. The van der Waals surface area contributed by atoms with Crippen LogP contribution in [0.25, 0.3) is 5.69 Å². The van der Waals surface area contributed by atoms with Crippen molar-refractivity contribution < 1.29 is 31.6 Å². The van der Waals surface area contributed by atoms with Crippen molar-refractivity contribution in [2.24, 2.45) is 10.2 Å². The van der Waals surface area contributed by atoms with Crippen LogP contribution in [0.1, 0.15) is 10.5 Å². The van der Waals surface area contributed by atoms with E-state index in [0.717, 1.165) is 16.8 Å². The maximum atomic E-state index is 12.6. The third-order valence-corrected chi connectivity index (χ3v) is 5.32. The third-order valence-electron chi connectivity index (χ3n) is 3.78. The first kappa shape index (κ1) is 21.3. The van der Waals surface area contributed by atoms with Crippen molar-refractivity contribution in [1.82, 2.24) is 9.78 Å². The van der Waals surface area contributed by atoms with Crippen molar-refractivity contribution in [3.05, 3.63) is 64.6 Å². The van der Waals surface area contributed by atoms with E-state index in [4.69, 9.17) is 9.11 Å². The molecule has 0 bridgehead atoms. The molecule has 0 aliphatic heterocycles. The number of hydrogen-bond donors (Lipinski definition) is 4. The Kier molecular flexibility index (Phi) is 5.75. The lowest BCUT2D eigenvalue weighted by Gasteiger charge is -2.01. The molecule has 14 heteroatoms. The van der Waals surface area contributed by atoms with Crippen LogP contribution < -0.4 is 5.56 Å². The summed E-state index contributed by atoms with van der Waals surface area (Å²) in [6.07, 6.45) is 0. The molecule has 1 atom stereocenters. The summed E-state index contributed by atoms with van der Waals surface area (Å²) in [5.41, 5.74) is -1.62. The number of carbonyl (C=O) groups is 1. The smallest absolute Gasteiger partial charge is 0.356 e. The molecule has 1 heterocycles. The zero-order valence-electron chi connectivity index (χ0n) is 14.7. The van der Waals surface area contributed by atoms with Gasteiger partial charge in [-0.3, -0.25) is 14.4 Å². The third kappa shape index (κ3) is 4.41. The number of carboxylic acids is 1. The summed E-state index contributed by atoms with van der Waals surface area (Å²) in [6, 6.07) is 9.77. The van der Waals surface area contributed by atoms with E-state index in [2.05, 4.69) is 15.3 Å². The van der Waals surface area contributed by atoms with E-state index in [9.17, 15) is 27.3 Å². The molecule has 4 N–H and O–H groups in total. The lowest BCUT2D eigenvalue weighted by Crippen LogP contribution is -2.14. The molecule has 3 aromatic rings. The quantitative estimate of drug-likeness (QED) is 0.248. The van der Waals surface area contributed by atoms with Crippen LogP contribution in [0.4, 0.5) is 11.4 Å². The molecule has 156 valence electrons. The molecule has 12 nitrogen and oxygen atoms in total. The van der Waals surface area contributed by atoms with E-state index in [1.165, 1.54) is 36.4 Å².